The summed E-state index contributed by atoms with van der Waals surface area (Å²) in [5.41, 5.74) is 2.08. The van der Waals surface area contributed by atoms with Gasteiger partial charge in [-0.2, -0.15) is 5.10 Å². The molecule has 0 aliphatic rings. The molecule has 5 nitrogen and oxygen atoms in total. The van der Waals surface area contributed by atoms with Gasteiger partial charge in [-0.05, 0) is 55.8 Å². The van der Waals surface area contributed by atoms with E-state index in [-0.39, 0.29) is 18.0 Å². The number of carbonyl (C=O) groups excluding carboxylic acids is 1. The highest BCUT2D eigenvalue weighted by Gasteiger charge is 2.10. The van der Waals surface area contributed by atoms with Crippen molar-refractivity contribution in [1.29, 1.82) is 0 Å². The first-order chi connectivity index (χ1) is 11.9. The van der Waals surface area contributed by atoms with Gasteiger partial charge in [-0.15, -0.1) is 11.3 Å². The van der Waals surface area contributed by atoms with Gasteiger partial charge in [-0.1, -0.05) is 15.9 Å². The monoisotopic (exact) mass is 417 g/mol. The average Bonchev–Trinajstić information content (AvgIpc) is 2.99. The lowest BCUT2D eigenvalue weighted by molar-refractivity contribution is -0.117. The van der Waals surface area contributed by atoms with Gasteiger partial charge in [-0.25, -0.2) is 4.68 Å². The van der Waals surface area contributed by atoms with Gasteiger partial charge in [0.25, 0.3) is 5.56 Å². The second-order valence-corrected chi connectivity index (χ2v) is 7.78. The molecule has 25 heavy (non-hydrogen) atoms. The SMILES string of the molecule is Cc1ccc(-c2ccc(=O)n(CC(=O)Nc3ccc(Br)c(C)c3)n2)s1. The number of halogens is 1. The number of nitrogens with zero attached hydrogens (tertiary/aromatic N) is 2. The number of thiophene rings is 1. The minimum absolute atomic E-state index is 0.133. The zero-order chi connectivity index (χ0) is 18.0. The summed E-state index contributed by atoms with van der Waals surface area (Å²) in [5.74, 6) is -0.296. The maximum atomic E-state index is 12.3. The number of hydrogen-bond donors (Lipinski definition) is 1. The van der Waals surface area contributed by atoms with E-state index in [2.05, 4.69) is 26.3 Å². The van der Waals surface area contributed by atoms with E-state index in [0.29, 0.717) is 11.4 Å². The van der Waals surface area contributed by atoms with Crippen LogP contribution in [0, 0.1) is 13.8 Å². The van der Waals surface area contributed by atoms with Crippen molar-refractivity contribution in [3.8, 4) is 10.6 Å². The van der Waals surface area contributed by atoms with Gasteiger partial charge in [0.15, 0.2) is 0 Å². The summed E-state index contributed by atoms with van der Waals surface area (Å²) >= 11 is 5.02. The topological polar surface area (TPSA) is 64.0 Å². The van der Waals surface area contributed by atoms with Crippen molar-refractivity contribution >= 4 is 38.9 Å². The van der Waals surface area contributed by atoms with Crippen LogP contribution in [0.1, 0.15) is 10.4 Å². The number of carbonyl (C=O) groups is 1. The molecule has 2 aromatic heterocycles. The maximum absolute atomic E-state index is 12.3. The summed E-state index contributed by atoms with van der Waals surface area (Å²) in [4.78, 5) is 26.4. The molecule has 0 saturated heterocycles. The number of nitrogens with one attached hydrogen (secondary N) is 1. The summed E-state index contributed by atoms with van der Waals surface area (Å²) < 4.78 is 2.16. The van der Waals surface area contributed by atoms with Crippen LogP contribution in [0.2, 0.25) is 0 Å². The Morgan fingerprint density at radius 3 is 2.68 bits per heavy atom. The van der Waals surface area contributed by atoms with Crippen molar-refractivity contribution in [2.75, 3.05) is 5.32 Å². The molecule has 3 rings (SSSR count). The standard InChI is InChI=1S/C18H16BrN3O2S/c1-11-9-13(4-5-14(11)19)20-17(23)10-22-18(24)8-6-15(21-22)16-7-3-12(2)25-16/h3-9H,10H2,1-2H3,(H,20,23). The second-order valence-electron chi connectivity index (χ2n) is 5.64. The molecule has 0 aliphatic carbocycles. The third kappa shape index (κ3) is 4.24. The lowest BCUT2D eigenvalue weighted by Gasteiger charge is -2.09. The maximum Gasteiger partial charge on any atom is 0.267 e. The average molecular weight is 418 g/mol. The molecule has 0 unspecified atom stereocenters. The lowest BCUT2D eigenvalue weighted by atomic mass is 10.2. The van der Waals surface area contributed by atoms with Crippen LogP contribution in [-0.4, -0.2) is 15.7 Å². The summed E-state index contributed by atoms with van der Waals surface area (Å²) in [6.45, 7) is 3.82. The fourth-order valence-electron chi connectivity index (χ4n) is 2.32. The van der Waals surface area contributed by atoms with Crippen LogP contribution < -0.4 is 10.9 Å². The lowest BCUT2D eigenvalue weighted by Crippen LogP contribution is -2.29. The Morgan fingerprint density at radius 2 is 2.00 bits per heavy atom. The quantitative estimate of drug-likeness (QED) is 0.697. The van der Waals surface area contributed by atoms with E-state index in [9.17, 15) is 9.59 Å². The van der Waals surface area contributed by atoms with Crippen molar-refractivity contribution in [3.63, 3.8) is 0 Å². The normalized spacial score (nSPS) is 10.7. The van der Waals surface area contributed by atoms with E-state index in [4.69, 9.17) is 0 Å². The summed E-state index contributed by atoms with van der Waals surface area (Å²) in [5, 5.41) is 7.11. The molecule has 0 radical (unpaired) electrons. The Hall–Kier alpha value is -2.25. The molecule has 3 aromatic rings. The molecule has 1 N–H and O–H groups in total. The minimum Gasteiger partial charge on any atom is -0.324 e. The number of anilines is 1. The van der Waals surface area contributed by atoms with E-state index in [1.54, 1.807) is 23.5 Å². The highest BCUT2D eigenvalue weighted by Crippen LogP contribution is 2.25. The van der Waals surface area contributed by atoms with Crippen LogP contribution in [0.25, 0.3) is 10.6 Å². The largest absolute Gasteiger partial charge is 0.324 e. The van der Waals surface area contributed by atoms with Gasteiger partial charge in [0.1, 0.15) is 12.2 Å². The Bertz CT molecular complexity index is 994. The molecule has 0 spiro atoms. The molecule has 0 fully saturated rings. The molecular formula is C18H16BrN3O2S. The van der Waals surface area contributed by atoms with Crippen molar-refractivity contribution in [2.24, 2.45) is 0 Å². The van der Waals surface area contributed by atoms with E-state index >= 15 is 0 Å². The fraction of sp³-hybridized carbons (Fsp3) is 0.167. The Morgan fingerprint density at radius 1 is 1.20 bits per heavy atom. The minimum atomic E-state index is -0.306. The Kier molecular flexibility index (Phi) is 5.15. The van der Waals surface area contributed by atoms with Gasteiger partial charge in [0.05, 0.1) is 4.88 Å². The molecule has 7 heteroatoms. The number of rotatable bonds is 4. The number of hydrogen-bond acceptors (Lipinski definition) is 4. The van der Waals surface area contributed by atoms with E-state index in [0.717, 1.165) is 19.8 Å². The van der Waals surface area contributed by atoms with E-state index in [1.165, 1.54) is 10.7 Å². The first-order valence-electron chi connectivity index (χ1n) is 7.63. The summed E-state index contributed by atoms with van der Waals surface area (Å²) in [6, 6.07) is 12.6. The number of benzene rings is 1. The Balaban J connectivity index is 1.78. The van der Waals surface area contributed by atoms with Crippen LogP contribution >= 0.6 is 27.3 Å². The van der Waals surface area contributed by atoms with E-state index < -0.39 is 0 Å². The first kappa shape index (κ1) is 17.6. The van der Waals surface area contributed by atoms with Gasteiger partial charge in [0.2, 0.25) is 5.91 Å². The summed E-state index contributed by atoms with van der Waals surface area (Å²) in [6.07, 6.45) is 0. The molecule has 2 heterocycles. The van der Waals surface area contributed by atoms with Crippen molar-refractivity contribution < 1.29 is 4.79 Å². The van der Waals surface area contributed by atoms with Gasteiger partial charge in [-0.3, -0.25) is 9.59 Å². The second kappa shape index (κ2) is 7.33. The van der Waals surface area contributed by atoms with Gasteiger partial charge >= 0.3 is 0 Å². The third-order valence-electron chi connectivity index (χ3n) is 3.59. The van der Waals surface area contributed by atoms with Crippen LogP contribution in [0.3, 0.4) is 0 Å². The molecule has 1 aromatic carbocycles. The highest BCUT2D eigenvalue weighted by atomic mass is 79.9. The van der Waals surface area contributed by atoms with Crippen LogP contribution in [0.15, 0.2) is 51.7 Å². The molecule has 0 atom stereocenters. The molecule has 0 bridgehead atoms. The van der Waals surface area contributed by atoms with Gasteiger partial charge < -0.3 is 5.32 Å². The molecular weight excluding hydrogens is 402 g/mol. The van der Waals surface area contributed by atoms with Gasteiger partial charge in [0, 0.05) is 21.1 Å². The predicted octanol–water partition coefficient (Wildman–Crippen LogP) is 3.99. The van der Waals surface area contributed by atoms with Crippen LogP contribution in [-0.2, 0) is 11.3 Å². The number of aromatic nitrogens is 2. The van der Waals surface area contributed by atoms with E-state index in [1.807, 2.05) is 38.1 Å². The van der Waals surface area contributed by atoms with Crippen molar-refractivity contribution in [2.45, 2.75) is 20.4 Å². The Labute approximate surface area is 157 Å². The van der Waals surface area contributed by atoms with Crippen molar-refractivity contribution in [1.82, 2.24) is 9.78 Å². The fourth-order valence-corrected chi connectivity index (χ4v) is 3.40. The molecule has 128 valence electrons. The molecule has 0 aliphatic heterocycles. The molecule has 0 saturated carbocycles. The van der Waals surface area contributed by atoms with Crippen LogP contribution in [0.4, 0.5) is 5.69 Å². The number of aryl methyl sites for hydroxylation is 2. The smallest absolute Gasteiger partial charge is 0.267 e. The first-order valence-corrected chi connectivity index (χ1v) is 9.24. The zero-order valence-corrected chi connectivity index (χ0v) is 16.1. The predicted molar refractivity (Wildman–Crippen MR) is 104 cm³/mol. The zero-order valence-electron chi connectivity index (χ0n) is 13.7. The van der Waals surface area contributed by atoms with Crippen molar-refractivity contribution in [3.05, 3.63) is 67.7 Å². The molecule has 1 amide bonds. The van der Waals surface area contributed by atoms with Crippen LogP contribution in [0.5, 0.6) is 0 Å². The number of amides is 1. The third-order valence-corrected chi connectivity index (χ3v) is 5.51. The summed E-state index contributed by atoms with van der Waals surface area (Å²) in [7, 11) is 0. The highest BCUT2D eigenvalue weighted by molar-refractivity contribution is 9.10.